The first kappa shape index (κ1) is 17.0. The van der Waals surface area contributed by atoms with Crippen LogP contribution in [0.3, 0.4) is 0 Å². The zero-order chi connectivity index (χ0) is 17.2. The molecule has 2 aliphatic heterocycles. The maximum Gasteiger partial charge on any atom is 0.573 e. The molecule has 0 amide bonds. The molecule has 0 saturated carbocycles. The van der Waals surface area contributed by atoms with E-state index in [9.17, 15) is 18.0 Å². The molecule has 1 aromatic carbocycles. The molecule has 0 bridgehead atoms. The van der Waals surface area contributed by atoms with Gasteiger partial charge in [0.1, 0.15) is 11.8 Å². The average molecular weight is 344 g/mol. The number of nitrogens with zero attached hydrogens (tertiary/aromatic N) is 2. The molecule has 0 N–H and O–H groups in total. The number of hydrogen-bond acceptors (Lipinski definition) is 5. The summed E-state index contributed by atoms with van der Waals surface area (Å²) in [6.45, 7) is 4.35. The van der Waals surface area contributed by atoms with Gasteiger partial charge in [0.05, 0.1) is 6.61 Å². The van der Waals surface area contributed by atoms with Crippen molar-refractivity contribution in [1.82, 2.24) is 9.80 Å². The third-order valence-electron chi connectivity index (χ3n) is 4.32. The quantitative estimate of drug-likeness (QED) is 0.782. The van der Waals surface area contributed by atoms with Gasteiger partial charge in [-0.2, -0.15) is 0 Å². The minimum atomic E-state index is -4.67. The first-order chi connectivity index (χ1) is 11.4. The van der Waals surface area contributed by atoms with E-state index in [1.807, 2.05) is 0 Å². The van der Waals surface area contributed by atoms with Crippen LogP contribution < -0.4 is 4.74 Å². The summed E-state index contributed by atoms with van der Waals surface area (Å²) < 4.78 is 45.3. The number of ether oxygens (including phenoxy) is 2. The van der Waals surface area contributed by atoms with Gasteiger partial charge in [-0.15, -0.1) is 13.2 Å². The van der Waals surface area contributed by atoms with E-state index in [0.29, 0.717) is 13.2 Å². The molecular weight excluding hydrogens is 325 g/mol. The Morgan fingerprint density at radius 2 is 1.79 bits per heavy atom. The minimum absolute atomic E-state index is 0.119. The Morgan fingerprint density at radius 3 is 2.33 bits per heavy atom. The highest BCUT2D eigenvalue weighted by atomic mass is 19.4. The molecule has 5 nitrogen and oxygen atoms in total. The molecule has 0 spiro atoms. The number of rotatable bonds is 4. The van der Waals surface area contributed by atoms with Crippen molar-refractivity contribution in [2.24, 2.45) is 0 Å². The lowest BCUT2D eigenvalue weighted by Gasteiger charge is -2.36. The zero-order valence-corrected chi connectivity index (χ0v) is 13.1. The molecule has 0 unspecified atom stereocenters. The van der Waals surface area contributed by atoms with E-state index >= 15 is 0 Å². The van der Waals surface area contributed by atoms with Gasteiger partial charge in [-0.1, -0.05) is 12.1 Å². The second-order valence-corrected chi connectivity index (χ2v) is 5.98. The highest BCUT2D eigenvalue weighted by Gasteiger charge is 2.34. The number of halogens is 3. The second kappa shape index (κ2) is 6.98. The Hall–Kier alpha value is -1.80. The van der Waals surface area contributed by atoms with Gasteiger partial charge >= 0.3 is 12.3 Å². The maximum atomic E-state index is 12.1. The summed E-state index contributed by atoms with van der Waals surface area (Å²) in [5.74, 6) is -0.348. The van der Waals surface area contributed by atoms with Crippen LogP contribution in [0.5, 0.6) is 5.75 Å². The monoisotopic (exact) mass is 344 g/mol. The molecule has 8 heteroatoms. The Morgan fingerprint density at radius 1 is 1.12 bits per heavy atom. The molecule has 24 heavy (non-hydrogen) atoms. The molecule has 2 saturated heterocycles. The van der Waals surface area contributed by atoms with E-state index < -0.39 is 6.36 Å². The third-order valence-corrected chi connectivity index (χ3v) is 4.32. The van der Waals surface area contributed by atoms with Crippen molar-refractivity contribution in [3.05, 3.63) is 29.8 Å². The summed E-state index contributed by atoms with van der Waals surface area (Å²) in [6, 6.07) is 5.82. The van der Waals surface area contributed by atoms with E-state index in [1.165, 1.54) is 12.1 Å². The SMILES string of the molecule is O=C1OCC[C@H]1N1CCN(Cc2ccc(OC(F)(F)F)cc2)CC1. The van der Waals surface area contributed by atoms with Crippen LogP contribution in [0.1, 0.15) is 12.0 Å². The molecule has 0 aromatic heterocycles. The van der Waals surface area contributed by atoms with E-state index in [-0.39, 0.29) is 17.8 Å². The van der Waals surface area contributed by atoms with Crippen molar-refractivity contribution in [2.75, 3.05) is 32.8 Å². The predicted molar refractivity (Wildman–Crippen MR) is 79.3 cm³/mol. The molecule has 2 fully saturated rings. The molecule has 3 rings (SSSR count). The van der Waals surface area contributed by atoms with Crippen LogP contribution in [0.15, 0.2) is 24.3 Å². The summed E-state index contributed by atoms with van der Waals surface area (Å²) in [7, 11) is 0. The summed E-state index contributed by atoms with van der Waals surface area (Å²) in [5, 5.41) is 0. The molecule has 2 heterocycles. The Kier molecular flexibility index (Phi) is 4.96. The average Bonchev–Trinajstić information content (AvgIpc) is 2.95. The van der Waals surface area contributed by atoms with Crippen LogP contribution in [-0.4, -0.2) is 61.0 Å². The first-order valence-electron chi connectivity index (χ1n) is 7.88. The van der Waals surface area contributed by atoms with Crippen LogP contribution in [0.2, 0.25) is 0 Å². The number of cyclic esters (lactones) is 1. The molecule has 0 aliphatic carbocycles. The molecule has 132 valence electrons. The number of hydrogen-bond donors (Lipinski definition) is 0. The van der Waals surface area contributed by atoms with Crippen molar-refractivity contribution < 1.29 is 27.4 Å². The zero-order valence-electron chi connectivity index (χ0n) is 13.1. The van der Waals surface area contributed by atoms with E-state index in [4.69, 9.17) is 4.74 Å². The first-order valence-corrected chi connectivity index (χ1v) is 7.88. The number of alkyl halides is 3. The number of carbonyl (C=O) groups excluding carboxylic acids is 1. The molecule has 0 radical (unpaired) electrons. The predicted octanol–water partition coefficient (Wildman–Crippen LogP) is 2.02. The lowest BCUT2D eigenvalue weighted by Crippen LogP contribution is -2.51. The molecular formula is C16H19F3N2O3. The van der Waals surface area contributed by atoms with E-state index in [0.717, 1.165) is 38.2 Å². The van der Waals surface area contributed by atoms with Crippen molar-refractivity contribution in [3.63, 3.8) is 0 Å². The molecule has 2 aliphatic rings. The van der Waals surface area contributed by atoms with Gasteiger partial charge < -0.3 is 9.47 Å². The van der Waals surface area contributed by atoms with Crippen molar-refractivity contribution in [2.45, 2.75) is 25.4 Å². The molecule has 1 atom stereocenters. The Bertz CT molecular complexity index is 569. The Balaban J connectivity index is 1.48. The largest absolute Gasteiger partial charge is 0.573 e. The fraction of sp³-hybridized carbons (Fsp3) is 0.562. The van der Waals surface area contributed by atoms with Crippen LogP contribution in [-0.2, 0) is 16.1 Å². The minimum Gasteiger partial charge on any atom is -0.464 e. The normalized spacial score (nSPS) is 23.3. The summed E-state index contributed by atoms with van der Waals surface area (Å²) in [6.07, 6.45) is -3.92. The lowest BCUT2D eigenvalue weighted by atomic mass is 10.1. The second-order valence-electron chi connectivity index (χ2n) is 5.98. The van der Waals surface area contributed by atoms with Crippen LogP contribution in [0.4, 0.5) is 13.2 Å². The number of piperazine rings is 1. The summed E-state index contributed by atoms with van der Waals surface area (Å²) in [4.78, 5) is 16.0. The van der Waals surface area contributed by atoms with Gasteiger partial charge in [0.2, 0.25) is 0 Å². The van der Waals surface area contributed by atoms with Gasteiger partial charge in [0, 0.05) is 39.1 Å². The smallest absolute Gasteiger partial charge is 0.464 e. The number of esters is 1. The van der Waals surface area contributed by atoms with Crippen molar-refractivity contribution >= 4 is 5.97 Å². The standard InChI is InChI=1S/C16H19F3N2O3/c17-16(18,19)24-13-3-1-12(2-4-13)11-20-6-8-21(9-7-20)14-5-10-23-15(14)22/h1-4,14H,5-11H2/t14-/m1/s1. The molecule has 1 aromatic rings. The van der Waals surface area contributed by atoms with Gasteiger partial charge in [-0.05, 0) is 17.7 Å². The van der Waals surface area contributed by atoms with Gasteiger partial charge in [-0.3, -0.25) is 14.6 Å². The van der Waals surface area contributed by atoms with Gasteiger partial charge in [0.25, 0.3) is 0 Å². The van der Waals surface area contributed by atoms with Crippen LogP contribution in [0, 0.1) is 0 Å². The van der Waals surface area contributed by atoms with Gasteiger partial charge in [-0.25, -0.2) is 0 Å². The fourth-order valence-corrected chi connectivity index (χ4v) is 3.10. The highest BCUT2D eigenvalue weighted by molar-refractivity contribution is 5.77. The Labute approximate surface area is 137 Å². The maximum absolute atomic E-state index is 12.1. The van der Waals surface area contributed by atoms with Gasteiger partial charge in [0.15, 0.2) is 0 Å². The van der Waals surface area contributed by atoms with E-state index in [1.54, 1.807) is 12.1 Å². The number of benzene rings is 1. The summed E-state index contributed by atoms with van der Waals surface area (Å²) >= 11 is 0. The van der Waals surface area contributed by atoms with Crippen LogP contribution >= 0.6 is 0 Å². The number of carbonyl (C=O) groups is 1. The van der Waals surface area contributed by atoms with Crippen molar-refractivity contribution in [1.29, 1.82) is 0 Å². The summed E-state index contributed by atoms with van der Waals surface area (Å²) in [5.41, 5.74) is 0.929. The van der Waals surface area contributed by atoms with E-state index in [2.05, 4.69) is 14.5 Å². The third kappa shape index (κ3) is 4.39. The lowest BCUT2D eigenvalue weighted by molar-refractivity contribution is -0.274. The van der Waals surface area contributed by atoms with Crippen LogP contribution in [0.25, 0.3) is 0 Å². The topological polar surface area (TPSA) is 42.0 Å². The fourth-order valence-electron chi connectivity index (χ4n) is 3.10. The highest BCUT2D eigenvalue weighted by Crippen LogP contribution is 2.23. The van der Waals surface area contributed by atoms with Crippen molar-refractivity contribution in [3.8, 4) is 5.75 Å².